The van der Waals surface area contributed by atoms with E-state index in [4.69, 9.17) is 17.3 Å². The molecule has 18 heavy (non-hydrogen) atoms. The summed E-state index contributed by atoms with van der Waals surface area (Å²) in [4.78, 5) is 6.55. The zero-order valence-electron chi connectivity index (χ0n) is 10.8. The van der Waals surface area contributed by atoms with Gasteiger partial charge in [0.25, 0.3) is 0 Å². The minimum absolute atomic E-state index is 0.477. The molecular formula is C14H20ClN3. The molecule has 3 unspecified atom stereocenters. The molecule has 1 aromatic heterocycles. The first-order chi connectivity index (χ1) is 8.61. The lowest BCUT2D eigenvalue weighted by Gasteiger charge is -2.28. The lowest BCUT2D eigenvalue weighted by Crippen LogP contribution is -2.29. The van der Waals surface area contributed by atoms with Gasteiger partial charge in [0.05, 0.1) is 0 Å². The van der Waals surface area contributed by atoms with Crippen LogP contribution in [0.15, 0.2) is 12.1 Å². The van der Waals surface area contributed by atoms with Crippen LogP contribution in [0.25, 0.3) is 0 Å². The van der Waals surface area contributed by atoms with Crippen molar-refractivity contribution in [3.8, 4) is 0 Å². The molecule has 0 amide bonds. The van der Waals surface area contributed by atoms with E-state index in [9.17, 15) is 0 Å². The molecule has 4 heteroatoms. The van der Waals surface area contributed by atoms with Crippen LogP contribution in [0, 0.1) is 17.8 Å². The number of rotatable bonds is 3. The molecule has 3 atom stereocenters. The predicted molar refractivity (Wildman–Crippen MR) is 75.9 cm³/mol. The molecule has 0 aliphatic heterocycles. The SMILES string of the molecule is CN(CC1CC2CCC1C2)c1cc(N)cc(Cl)n1. The molecule has 0 radical (unpaired) electrons. The number of hydrogen-bond acceptors (Lipinski definition) is 3. The van der Waals surface area contributed by atoms with Gasteiger partial charge in [-0.1, -0.05) is 18.0 Å². The highest BCUT2D eigenvalue weighted by Gasteiger charge is 2.39. The molecule has 0 saturated heterocycles. The molecule has 0 spiro atoms. The van der Waals surface area contributed by atoms with Crippen molar-refractivity contribution >= 4 is 23.1 Å². The van der Waals surface area contributed by atoms with Gasteiger partial charge in [0.15, 0.2) is 0 Å². The zero-order chi connectivity index (χ0) is 12.7. The lowest BCUT2D eigenvalue weighted by molar-refractivity contribution is 0.337. The Balaban J connectivity index is 1.69. The van der Waals surface area contributed by atoms with Crippen LogP contribution in [-0.4, -0.2) is 18.6 Å². The Morgan fingerprint density at radius 2 is 2.22 bits per heavy atom. The van der Waals surface area contributed by atoms with Gasteiger partial charge in [-0.15, -0.1) is 0 Å². The van der Waals surface area contributed by atoms with E-state index in [1.54, 1.807) is 6.07 Å². The van der Waals surface area contributed by atoms with Crippen molar-refractivity contribution in [2.24, 2.45) is 17.8 Å². The Morgan fingerprint density at radius 1 is 1.39 bits per heavy atom. The van der Waals surface area contributed by atoms with Gasteiger partial charge in [0, 0.05) is 25.3 Å². The highest BCUT2D eigenvalue weighted by atomic mass is 35.5. The first-order valence-electron chi connectivity index (χ1n) is 6.76. The van der Waals surface area contributed by atoms with Gasteiger partial charge in [-0.05, 0) is 43.1 Å². The van der Waals surface area contributed by atoms with Gasteiger partial charge in [0.1, 0.15) is 11.0 Å². The quantitative estimate of drug-likeness (QED) is 0.854. The van der Waals surface area contributed by atoms with E-state index in [1.807, 2.05) is 6.07 Å². The largest absolute Gasteiger partial charge is 0.399 e. The summed E-state index contributed by atoms with van der Waals surface area (Å²) in [7, 11) is 2.09. The zero-order valence-corrected chi connectivity index (χ0v) is 11.5. The van der Waals surface area contributed by atoms with Crippen LogP contribution in [-0.2, 0) is 0 Å². The van der Waals surface area contributed by atoms with E-state index >= 15 is 0 Å². The van der Waals surface area contributed by atoms with E-state index in [-0.39, 0.29) is 0 Å². The number of hydrogen-bond donors (Lipinski definition) is 1. The summed E-state index contributed by atoms with van der Waals surface area (Å²) in [5.74, 6) is 3.65. The van der Waals surface area contributed by atoms with Crippen molar-refractivity contribution in [1.82, 2.24) is 4.98 Å². The Kier molecular flexibility index (Phi) is 3.10. The van der Waals surface area contributed by atoms with E-state index in [2.05, 4.69) is 16.9 Å². The highest BCUT2D eigenvalue weighted by molar-refractivity contribution is 6.29. The monoisotopic (exact) mass is 265 g/mol. The Hall–Kier alpha value is -0.960. The number of halogens is 1. The summed E-state index contributed by atoms with van der Waals surface area (Å²) >= 11 is 5.96. The van der Waals surface area contributed by atoms with Crippen molar-refractivity contribution in [1.29, 1.82) is 0 Å². The molecule has 3 rings (SSSR count). The second-order valence-corrected chi connectivity index (χ2v) is 6.28. The maximum absolute atomic E-state index is 5.96. The molecule has 2 aliphatic rings. The number of nitrogens with two attached hydrogens (primary N) is 1. The van der Waals surface area contributed by atoms with Gasteiger partial charge in [0.2, 0.25) is 0 Å². The Labute approximate surface area is 113 Å². The summed E-state index contributed by atoms with van der Waals surface area (Å²) in [6, 6.07) is 3.59. The third-order valence-corrected chi connectivity index (χ3v) is 4.78. The Bertz CT molecular complexity index is 428. The minimum atomic E-state index is 0.477. The molecule has 2 fully saturated rings. The average Bonchev–Trinajstić information content (AvgIpc) is 2.89. The minimum Gasteiger partial charge on any atom is -0.399 e. The predicted octanol–water partition coefficient (Wildman–Crippen LogP) is 3.19. The van der Waals surface area contributed by atoms with Gasteiger partial charge < -0.3 is 10.6 Å². The van der Waals surface area contributed by atoms with Crippen molar-refractivity contribution in [3.63, 3.8) is 0 Å². The second kappa shape index (κ2) is 4.61. The summed E-state index contributed by atoms with van der Waals surface area (Å²) in [6.07, 6.45) is 5.72. The number of nitrogen functional groups attached to an aromatic ring is 1. The van der Waals surface area contributed by atoms with Gasteiger partial charge in [-0.2, -0.15) is 0 Å². The second-order valence-electron chi connectivity index (χ2n) is 5.90. The van der Waals surface area contributed by atoms with Crippen molar-refractivity contribution < 1.29 is 0 Å². The summed E-state index contributed by atoms with van der Waals surface area (Å²) < 4.78 is 0. The van der Waals surface area contributed by atoms with Gasteiger partial charge >= 0.3 is 0 Å². The van der Waals surface area contributed by atoms with E-state index < -0.39 is 0 Å². The smallest absolute Gasteiger partial charge is 0.133 e. The van der Waals surface area contributed by atoms with Crippen molar-refractivity contribution in [2.45, 2.75) is 25.7 Å². The summed E-state index contributed by atoms with van der Waals surface area (Å²) in [5, 5.41) is 0.477. The van der Waals surface area contributed by atoms with E-state index in [0.717, 1.165) is 30.1 Å². The van der Waals surface area contributed by atoms with Crippen LogP contribution in [0.4, 0.5) is 11.5 Å². The van der Waals surface area contributed by atoms with Crippen LogP contribution >= 0.6 is 11.6 Å². The molecule has 1 heterocycles. The average molecular weight is 266 g/mol. The summed E-state index contributed by atoms with van der Waals surface area (Å²) in [6.45, 7) is 1.08. The topological polar surface area (TPSA) is 42.1 Å². The third-order valence-electron chi connectivity index (χ3n) is 4.59. The normalized spacial score (nSPS) is 29.8. The lowest BCUT2D eigenvalue weighted by atomic mass is 9.88. The molecule has 2 bridgehead atoms. The Morgan fingerprint density at radius 3 is 2.83 bits per heavy atom. The van der Waals surface area contributed by atoms with Gasteiger partial charge in [-0.25, -0.2) is 4.98 Å². The number of nitrogens with zero attached hydrogens (tertiary/aromatic N) is 2. The van der Waals surface area contributed by atoms with Crippen LogP contribution in [0.2, 0.25) is 5.15 Å². The molecule has 3 nitrogen and oxygen atoms in total. The maximum atomic E-state index is 5.96. The molecular weight excluding hydrogens is 246 g/mol. The van der Waals surface area contributed by atoms with Crippen LogP contribution in [0.3, 0.4) is 0 Å². The van der Waals surface area contributed by atoms with Crippen LogP contribution in [0.1, 0.15) is 25.7 Å². The fourth-order valence-corrected chi connectivity index (χ4v) is 3.96. The van der Waals surface area contributed by atoms with Crippen LogP contribution in [0.5, 0.6) is 0 Å². The third kappa shape index (κ3) is 2.28. The molecule has 2 aliphatic carbocycles. The molecule has 98 valence electrons. The molecule has 1 aromatic rings. The van der Waals surface area contributed by atoms with Crippen molar-refractivity contribution in [2.75, 3.05) is 24.2 Å². The number of aromatic nitrogens is 1. The number of fused-ring (bicyclic) bond motifs is 2. The van der Waals surface area contributed by atoms with Crippen LogP contribution < -0.4 is 10.6 Å². The number of pyridine rings is 1. The van der Waals surface area contributed by atoms with E-state index in [0.29, 0.717) is 10.8 Å². The first kappa shape index (κ1) is 12.1. The van der Waals surface area contributed by atoms with E-state index in [1.165, 1.54) is 25.7 Å². The summed E-state index contributed by atoms with van der Waals surface area (Å²) in [5.41, 5.74) is 6.50. The molecule has 2 N–H and O–H groups in total. The number of anilines is 2. The van der Waals surface area contributed by atoms with Crippen molar-refractivity contribution in [3.05, 3.63) is 17.3 Å². The van der Waals surface area contributed by atoms with Gasteiger partial charge in [-0.3, -0.25) is 0 Å². The highest BCUT2D eigenvalue weighted by Crippen LogP contribution is 2.48. The fourth-order valence-electron chi connectivity index (χ4n) is 3.74. The molecule has 2 saturated carbocycles. The standard InChI is InChI=1S/C14H20ClN3/c1-18(14-7-12(16)6-13(15)17-14)8-11-5-9-2-3-10(11)4-9/h6-7,9-11H,2-5,8H2,1H3,(H2,16,17). The first-order valence-corrected chi connectivity index (χ1v) is 7.14. The maximum Gasteiger partial charge on any atom is 0.133 e. The fraction of sp³-hybridized carbons (Fsp3) is 0.643. The molecule has 0 aromatic carbocycles.